The van der Waals surface area contributed by atoms with Crippen LogP contribution >= 0.6 is 0 Å². The monoisotopic (exact) mass is 260 g/mol. The Bertz CT molecular complexity index is 454. The van der Waals surface area contributed by atoms with Crippen LogP contribution in [0, 0.1) is 5.41 Å². The van der Waals surface area contributed by atoms with E-state index in [-0.39, 0.29) is 5.91 Å². The van der Waals surface area contributed by atoms with E-state index in [0.29, 0.717) is 5.41 Å². The molecular weight excluding hydrogens is 236 g/mol. The summed E-state index contributed by atoms with van der Waals surface area (Å²) in [5.41, 5.74) is 2.05. The highest BCUT2D eigenvalue weighted by Gasteiger charge is 2.26. The molecule has 0 radical (unpaired) electrons. The van der Waals surface area contributed by atoms with Gasteiger partial charge in [0.15, 0.2) is 0 Å². The van der Waals surface area contributed by atoms with Crippen molar-refractivity contribution in [2.45, 2.75) is 33.1 Å². The second-order valence-electron chi connectivity index (χ2n) is 6.11. The van der Waals surface area contributed by atoms with Gasteiger partial charge in [0.1, 0.15) is 0 Å². The Kier molecular flexibility index (Phi) is 4.13. The van der Waals surface area contributed by atoms with Crippen LogP contribution in [0.15, 0.2) is 24.3 Å². The SMILES string of the molecule is CNc1ccccc1C(=O)N1CCCC(C)(C)CC1. The molecule has 0 aliphatic carbocycles. The average Bonchev–Trinajstić information content (AvgIpc) is 2.59. The maximum Gasteiger partial charge on any atom is 0.255 e. The molecule has 1 N–H and O–H groups in total. The number of carbonyl (C=O) groups excluding carboxylic acids is 1. The van der Waals surface area contributed by atoms with E-state index in [2.05, 4.69) is 19.2 Å². The van der Waals surface area contributed by atoms with Crippen LogP contribution in [0.5, 0.6) is 0 Å². The highest BCUT2D eigenvalue weighted by molar-refractivity contribution is 5.99. The molecule has 3 heteroatoms. The smallest absolute Gasteiger partial charge is 0.255 e. The van der Waals surface area contributed by atoms with E-state index in [1.807, 2.05) is 36.2 Å². The lowest BCUT2D eigenvalue weighted by Crippen LogP contribution is -2.32. The summed E-state index contributed by atoms with van der Waals surface area (Å²) in [6.07, 6.45) is 3.38. The van der Waals surface area contributed by atoms with Gasteiger partial charge >= 0.3 is 0 Å². The Morgan fingerprint density at radius 1 is 1.21 bits per heavy atom. The van der Waals surface area contributed by atoms with Crippen molar-refractivity contribution < 1.29 is 4.79 Å². The molecule has 1 aliphatic rings. The minimum atomic E-state index is 0.155. The van der Waals surface area contributed by atoms with Gasteiger partial charge in [0, 0.05) is 25.8 Å². The van der Waals surface area contributed by atoms with Crippen molar-refractivity contribution in [1.82, 2.24) is 4.90 Å². The highest BCUT2D eigenvalue weighted by Crippen LogP contribution is 2.30. The summed E-state index contributed by atoms with van der Waals surface area (Å²) in [6.45, 7) is 6.33. The molecule has 1 saturated heterocycles. The van der Waals surface area contributed by atoms with Gasteiger partial charge < -0.3 is 10.2 Å². The first kappa shape index (κ1) is 13.9. The third-order valence-electron chi connectivity index (χ3n) is 4.05. The molecule has 1 amide bonds. The predicted octanol–water partition coefficient (Wildman–Crippen LogP) is 3.38. The summed E-state index contributed by atoms with van der Waals surface area (Å²) >= 11 is 0. The van der Waals surface area contributed by atoms with Crippen LogP contribution in [0.25, 0.3) is 0 Å². The molecule has 1 fully saturated rings. The Labute approximate surface area is 116 Å². The minimum Gasteiger partial charge on any atom is -0.387 e. The third-order valence-corrected chi connectivity index (χ3v) is 4.05. The van der Waals surface area contributed by atoms with E-state index in [0.717, 1.165) is 37.2 Å². The highest BCUT2D eigenvalue weighted by atomic mass is 16.2. The van der Waals surface area contributed by atoms with Crippen LogP contribution < -0.4 is 5.32 Å². The predicted molar refractivity (Wildman–Crippen MR) is 79.5 cm³/mol. The van der Waals surface area contributed by atoms with Crippen LogP contribution in [0.2, 0.25) is 0 Å². The van der Waals surface area contributed by atoms with Gasteiger partial charge in [-0.1, -0.05) is 26.0 Å². The summed E-state index contributed by atoms with van der Waals surface area (Å²) in [6, 6.07) is 7.74. The molecule has 3 nitrogen and oxygen atoms in total. The standard InChI is InChI=1S/C16H24N2O/c1-16(2)9-6-11-18(12-10-16)15(19)13-7-4-5-8-14(13)17-3/h4-5,7-8,17H,6,9-12H2,1-3H3. The first-order valence-corrected chi connectivity index (χ1v) is 7.09. The van der Waals surface area contributed by atoms with Crippen molar-refractivity contribution in [1.29, 1.82) is 0 Å². The van der Waals surface area contributed by atoms with Crippen molar-refractivity contribution in [2.24, 2.45) is 5.41 Å². The lowest BCUT2D eigenvalue weighted by atomic mass is 9.85. The number of carbonyl (C=O) groups is 1. The van der Waals surface area contributed by atoms with Gasteiger partial charge in [-0.3, -0.25) is 4.79 Å². The zero-order valence-corrected chi connectivity index (χ0v) is 12.2. The van der Waals surface area contributed by atoms with Gasteiger partial charge in [0.2, 0.25) is 0 Å². The fraction of sp³-hybridized carbons (Fsp3) is 0.562. The third kappa shape index (κ3) is 3.28. The number of anilines is 1. The Balaban J connectivity index is 2.15. The molecule has 1 aliphatic heterocycles. The number of amides is 1. The number of nitrogens with one attached hydrogen (secondary N) is 1. The molecule has 1 heterocycles. The molecule has 2 rings (SSSR count). The molecule has 0 atom stereocenters. The number of nitrogens with zero attached hydrogens (tertiary/aromatic N) is 1. The fourth-order valence-corrected chi connectivity index (χ4v) is 2.68. The Hall–Kier alpha value is -1.51. The van der Waals surface area contributed by atoms with E-state index in [4.69, 9.17) is 0 Å². The van der Waals surface area contributed by atoms with Gasteiger partial charge in [-0.2, -0.15) is 0 Å². The number of rotatable bonds is 2. The summed E-state index contributed by atoms with van der Waals surface area (Å²) in [5, 5.41) is 3.10. The maximum absolute atomic E-state index is 12.6. The minimum absolute atomic E-state index is 0.155. The second-order valence-corrected chi connectivity index (χ2v) is 6.11. The second kappa shape index (κ2) is 5.64. The molecule has 0 aromatic heterocycles. The molecule has 0 unspecified atom stereocenters. The number of likely N-dealkylation sites (tertiary alicyclic amines) is 1. The molecule has 0 saturated carbocycles. The zero-order valence-electron chi connectivity index (χ0n) is 12.2. The fourth-order valence-electron chi connectivity index (χ4n) is 2.68. The average molecular weight is 260 g/mol. The van der Waals surface area contributed by atoms with Crippen LogP contribution in [0.1, 0.15) is 43.5 Å². The molecule has 0 bridgehead atoms. The quantitative estimate of drug-likeness (QED) is 0.884. The molecule has 1 aromatic carbocycles. The first-order chi connectivity index (χ1) is 9.03. The van der Waals surface area contributed by atoms with Crippen molar-refractivity contribution >= 4 is 11.6 Å². The van der Waals surface area contributed by atoms with Gasteiger partial charge in [-0.05, 0) is 36.8 Å². The normalized spacial score (nSPS) is 18.8. The van der Waals surface area contributed by atoms with E-state index in [1.165, 1.54) is 6.42 Å². The Morgan fingerprint density at radius 2 is 1.95 bits per heavy atom. The lowest BCUT2D eigenvalue weighted by molar-refractivity contribution is 0.0758. The van der Waals surface area contributed by atoms with Crippen LogP contribution in [0.3, 0.4) is 0 Å². The number of para-hydroxylation sites is 1. The van der Waals surface area contributed by atoms with Crippen molar-refractivity contribution in [3.8, 4) is 0 Å². The van der Waals surface area contributed by atoms with Crippen molar-refractivity contribution in [3.05, 3.63) is 29.8 Å². The topological polar surface area (TPSA) is 32.3 Å². The van der Waals surface area contributed by atoms with Crippen molar-refractivity contribution in [2.75, 3.05) is 25.5 Å². The summed E-state index contributed by atoms with van der Waals surface area (Å²) in [4.78, 5) is 14.6. The van der Waals surface area contributed by atoms with Gasteiger partial charge in [0.25, 0.3) is 5.91 Å². The maximum atomic E-state index is 12.6. The van der Waals surface area contributed by atoms with Crippen LogP contribution in [0.4, 0.5) is 5.69 Å². The van der Waals surface area contributed by atoms with Gasteiger partial charge in [0.05, 0.1) is 5.56 Å². The number of hydrogen-bond acceptors (Lipinski definition) is 2. The Morgan fingerprint density at radius 3 is 2.68 bits per heavy atom. The number of hydrogen-bond donors (Lipinski definition) is 1. The van der Waals surface area contributed by atoms with E-state index >= 15 is 0 Å². The number of benzene rings is 1. The van der Waals surface area contributed by atoms with E-state index in [9.17, 15) is 4.79 Å². The largest absolute Gasteiger partial charge is 0.387 e. The molecule has 0 spiro atoms. The summed E-state index contributed by atoms with van der Waals surface area (Å²) < 4.78 is 0. The summed E-state index contributed by atoms with van der Waals surface area (Å²) in [5.74, 6) is 0.155. The van der Waals surface area contributed by atoms with Gasteiger partial charge in [-0.25, -0.2) is 0 Å². The first-order valence-electron chi connectivity index (χ1n) is 7.09. The van der Waals surface area contributed by atoms with Gasteiger partial charge in [-0.15, -0.1) is 0 Å². The molecular formula is C16H24N2O. The van der Waals surface area contributed by atoms with E-state index in [1.54, 1.807) is 0 Å². The van der Waals surface area contributed by atoms with Crippen molar-refractivity contribution in [3.63, 3.8) is 0 Å². The molecule has 19 heavy (non-hydrogen) atoms. The molecule has 1 aromatic rings. The van der Waals surface area contributed by atoms with Crippen LogP contribution in [-0.4, -0.2) is 30.9 Å². The summed E-state index contributed by atoms with van der Waals surface area (Å²) in [7, 11) is 1.86. The van der Waals surface area contributed by atoms with E-state index < -0.39 is 0 Å². The zero-order chi connectivity index (χ0) is 13.9. The van der Waals surface area contributed by atoms with Crippen LogP contribution in [-0.2, 0) is 0 Å². The molecule has 104 valence electrons. The lowest BCUT2D eigenvalue weighted by Gasteiger charge is -2.24.